The molecule has 0 radical (unpaired) electrons. The summed E-state index contributed by atoms with van der Waals surface area (Å²) in [5.74, 6) is 0.812. The molecule has 1 aliphatic rings. The van der Waals surface area contributed by atoms with E-state index >= 15 is 0 Å². The summed E-state index contributed by atoms with van der Waals surface area (Å²) in [4.78, 5) is 35.3. The molecule has 0 bridgehead atoms. The number of benzene rings is 2. The van der Waals surface area contributed by atoms with Crippen LogP contribution in [0, 0.1) is 0 Å². The Morgan fingerprint density at radius 1 is 1.00 bits per heavy atom. The van der Waals surface area contributed by atoms with Gasteiger partial charge in [-0.3, -0.25) is 14.2 Å². The molecule has 0 unspecified atom stereocenters. The Bertz CT molecular complexity index is 1140. The molecule has 1 aliphatic heterocycles. The first kappa shape index (κ1) is 22.2. The van der Waals surface area contributed by atoms with Crippen molar-refractivity contribution in [3.05, 3.63) is 75.8 Å². The second-order valence-electron chi connectivity index (χ2n) is 8.90. The van der Waals surface area contributed by atoms with E-state index in [-0.39, 0.29) is 11.5 Å². The number of likely N-dealkylation sites (N-methyl/N-ethyl adjacent to an activating group) is 1. The lowest BCUT2D eigenvalue weighted by atomic mass is 10.1. The topological polar surface area (TPSA) is 58.4 Å². The molecule has 2 aromatic carbocycles. The minimum atomic E-state index is -0.0359. The number of carbonyl (C=O) groups excluding carboxylic acids is 1. The van der Waals surface area contributed by atoms with Crippen LogP contribution in [0.4, 0.5) is 0 Å². The molecule has 3 aromatic rings. The summed E-state index contributed by atoms with van der Waals surface area (Å²) in [6.07, 6.45) is 5.20. The van der Waals surface area contributed by atoms with E-state index in [2.05, 4.69) is 4.90 Å². The van der Waals surface area contributed by atoms with Crippen molar-refractivity contribution in [3.8, 4) is 0 Å². The minimum absolute atomic E-state index is 0.0136. The molecule has 0 atom stereocenters. The highest BCUT2D eigenvalue weighted by atomic mass is 16.2. The van der Waals surface area contributed by atoms with Crippen molar-refractivity contribution in [3.63, 3.8) is 0 Å². The van der Waals surface area contributed by atoms with E-state index in [1.807, 2.05) is 53.9 Å². The lowest BCUT2D eigenvalue weighted by Gasteiger charge is -2.25. The fourth-order valence-electron chi connectivity index (χ4n) is 4.29. The summed E-state index contributed by atoms with van der Waals surface area (Å²) < 4.78 is 1.84. The van der Waals surface area contributed by atoms with Gasteiger partial charge in [-0.1, -0.05) is 43.2 Å². The lowest BCUT2D eigenvalue weighted by molar-refractivity contribution is 0.0732. The highest BCUT2D eigenvalue weighted by Crippen LogP contribution is 2.18. The predicted octanol–water partition coefficient (Wildman–Crippen LogP) is 3.72. The number of fused-ring (bicyclic) bond motifs is 2. The minimum Gasteiger partial charge on any atom is -0.333 e. The van der Waals surface area contributed by atoms with Crippen molar-refractivity contribution < 1.29 is 4.79 Å². The first-order valence-electron chi connectivity index (χ1n) is 11.5. The molecule has 0 fully saturated rings. The Morgan fingerprint density at radius 2 is 1.78 bits per heavy atom. The molecule has 6 heteroatoms. The number of hydrogen-bond acceptors (Lipinski definition) is 4. The maximum absolute atomic E-state index is 13.5. The number of nitrogens with zero attached hydrogens (tertiary/aromatic N) is 4. The number of amides is 1. The van der Waals surface area contributed by atoms with E-state index in [1.54, 1.807) is 18.2 Å². The van der Waals surface area contributed by atoms with Gasteiger partial charge in [0, 0.05) is 38.2 Å². The van der Waals surface area contributed by atoms with Crippen molar-refractivity contribution in [2.75, 3.05) is 27.2 Å². The summed E-state index contributed by atoms with van der Waals surface area (Å²) in [6, 6.07) is 15.4. The van der Waals surface area contributed by atoms with Gasteiger partial charge in [0.2, 0.25) is 0 Å². The van der Waals surface area contributed by atoms with Gasteiger partial charge in [0.1, 0.15) is 5.82 Å². The second kappa shape index (κ2) is 10.1. The molecule has 4 rings (SSSR count). The maximum atomic E-state index is 13.5. The summed E-state index contributed by atoms with van der Waals surface area (Å²) in [6.45, 7) is 2.68. The summed E-state index contributed by atoms with van der Waals surface area (Å²) in [5.41, 5.74) is 2.31. The summed E-state index contributed by atoms with van der Waals surface area (Å²) >= 11 is 0. The standard InChI is InChI=1S/C26H32N4O2/c1-28(2)16-17-29(19-20-10-6-5-7-11-20)25(31)21-13-14-22-23(18-21)27-24-12-8-3-4-9-15-30(24)26(22)32/h5-7,10-11,13-14,18H,3-4,8-9,12,15-17,19H2,1-2H3. The van der Waals surface area contributed by atoms with Crippen molar-refractivity contribution in [1.29, 1.82) is 0 Å². The predicted molar refractivity (Wildman–Crippen MR) is 128 cm³/mol. The Hall–Kier alpha value is -2.99. The molecule has 0 saturated heterocycles. The normalized spacial score (nSPS) is 14.1. The molecule has 0 aliphatic carbocycles. The molecule has 0 N–H and O–H groups in total. The lowest BCUT2D eigenvalue weighted by Crippen LogP contribution is -2.36. The highest BCUT2D eigenvalue weighted by molar-refractivity contribution is 5.97. The van der Waals surface area contributed by atoms with Crippen LogP contribution < -0.4 is 5.56 Å². The Balaban J connectivity index is 1.67. The third kappa shape index (κ3) is 5.07. The van der Waals surface area contributed by atoms with Crippen LogP contribution in [-0.2, 0) is 19.5 Å². The Labute approximate surface area is 189 Å². The average molecular weight is 433 g/mol. The van der Waals surface area contributed by atoms with Gasteiger partial charge in [-0.25, -0.2) is 4.98 Å². The van der Waals surface area contributed by atoms with Crippen LogP contribution in [0.1, 0.15) is 47.4 Å². The van der Waals surface area contributed by atoms with Gasteiger partial charge >= 0.3 is 0 Å². The van der Waals surface area contributed by atoms with Gasteiger partial charge < -0.3 is 9.80 Å². The van der Waals surface area contributed by atoms with Gasteiger partial charge in [0.05, 0.1) is 10.9 Å². The largest absolute Gasteiger partial charge is 0.333 e. The quantitative estimate of drug-likeness (QED) is 0.596. The smallest absolute Gasteiger partial charge is 0.261 e. The second-order valence-corrected chi connectivity index (χ2v) is 8.90. The van der Waals surface area contributed by atoms with Crippen LogP contribution >= 0.6 is 0 Å². The number of carbonyl (C=O) groups is 1. The van der Waals surface area contributed by atoms with Gasteiger partial charge in [-0.15, -0.1) is 0 Å². The van der Waals surface area contributed by atoms with Crippen LogP contribution in [-0.4, -0.2) is 52.4 Å². The highest BCUT2D eigenvalue weighted by Gasteiger charge is 2.19. The fraction of sp³-hybridized carbons (Fsp3) is 0.423. The van der Waals surface area contributed by atoms with E-state index in [0.717, 1.165) is 50.2 Å². The van der Waals surface area contributed by atoms with Crippen LogP contribution in [0.2, 0.25) is 0 Å². The summed E-state index contributed by atoms with van der Waals surface area (Å²) in [5, 5.41) is 0.591. The number of aromatic nitrogens is 2. The maximum Gasteiger partial charge on any atom is 0.261 e. The zero-order chi connectivity index (χ0) is 22.5. The van der Waals surface area contributed by atoms with E-state index in [1.165, 1.54) is 6.42 Å². The SMILES string of the molecule is CN(C)CCN(Cc1ccccc1)C(=O)c1ccc2c(=O)n3c(nc2c1)CCCCCC3. The van der Waals surface area contributed by atoms with Crippen LogP contribution in [0.25, 0.3) is 10.9 Å². The molecule has 168 valence electrons. The van der Waals surface area contributed by atoms with Gasteiger partial charge in [0.15, 0.2) is 0 Å². The van der Waals surface area contributed by atoms with E-state index in [4.69, 9.17) is 4.98 Å². The van der Waals surface area contributed by atoms with Crippen molar-refractivity contribution in [1.82, 2.24) is 19.4 Å². The Kier molecular flexibility index (Phi) is 7.00. The molecule has 0 saturated carbocycles. The number of rotatable bonds is 6. The van der Waals surface area contributed by atoms with Crippen molar-refractivity contribution >= 4 is 16.8 Å². The van der Waals surface area contributed by atoms with Crippen LogP contribution in [0.3, 0.4) is 0 Å². The van der Waals surface area contributed by atoms with Crippen molar-refractivity contribution in [2.24, 2.45) is 0 Å². The van der Waals surface area contributed by atoms with Crippen LogP contribution in [0.15, 0.2) is 53.3 Å². The molecule has 1 amide bonds. The van der Waals surface area contributed by atoms with E-state index in [0.29, 0.717) is 29.6 Å². The van der Waals surface area contributed by atoms with Crippen molar-refractivity contribution in [2.45, 2.75) is 45.2 Å². The fourth-order valence-corrected chi connectivity index (χ4v) is 4.29. The molecule has 0 spiro atoms. The van der Waals surface area contributed by atoms with Gasteiger partial charge in [-0.05, 0) is 50.7 Å². The first-order valence-corrected chi connectivity index (χ1v) is 11.5. The van der Waals surface area contributed by atoms with E-state index in [9.17, 15) is 9.59 Å². The molecule has 2 heterocycles. The first-order chi connectivity index (χ1) is 15.5. The number of hydrogen-bond donors (Lipinski definition) is 0. The van der Waals surface area contributed by atoms with E-state index < -0.39 is 0 Å². The Morgan fingerprint density at radius 3 is 2.56 bits per heavy atom. The third-order valence-electron chi connectivity index (χ3n) is 6.13. The average Bonchev–Trinajstić information content (AvgIpc) is 2.78. The zero-order valence-corrected chi connectivity index (χ0v) is 19.1. The van der Waals surface area contributed by atoms with Gasteiger partial charge in [0.25, 0.3) is 11.5 Å². The zero-order valence-electron chi connectivity index (χ0n) is 19.1. The monoisotopic (exact) mass is 432 g/mol. The van der Waals surface area contributed by atoms with Gasteiger partial charge in [-0.2, -0.15) is 0 Å². The molecule has 6 nitrogen and oxygen atoms in total. The molecular weight excluding hydrogens is 400 g/mol. The third-order valence-corrected chi connectivity index (χ3v) is 6.13. The van der Waals surface area contributed by atoms with Crippen LogP contribution in [0.5, 0.6) is 0 Å². The molecular formula is C26H32N4O2. The summed E-state index contributed by atoms with van der Waals surface area (Å²) in [7, 11) is 4.01. The number of aryl methyl sites for hydroxylation is 1. The molecule has 32 heavy (non-hydrogen) atoms. The molecule has 1 aromatic heterocycles.